The molecule has 0 aliphatic carbocycles. The number of nitrogens with zero attached hydrogens (tertiary/aromatic N) is 1. The van der Waals surface area contributed by atoms with E-state index < -0.39 is 0 Å². The number of rotatable bonds is 2. The van der Waals surface area contributed by atoms with Gasteiger partial charge in [0.05, 0.1) is 0 Å². The topological polar surface area (TPSA) is 29.3 Å². The maximum absolute atomic E-state index is 5.76. The fourth-order valence-corrected chi connectivity index (χ4v) is 1.54. The van der Waals surface area contributed by atoms with Crippen LogP contribution < -0.4 is 5.73 Å². The molecular weight excluding hydrogens is 124 g/mol. The van der Waals surface area contributed by atoms with Gasteiger partial charge < -0.3 is 10.6 Å². The second-order valence-electron chi connectivity index (χ2n) is 3.70. The fourth-order valence-electron chi connectivity index (χ4n) is 1.54. The molecule has 1 saturated heterocycles. The predicted octanol–water partition coefficient (Wildman–Crippen LogP) is 0.675. The van der Waals surface area contributed by atoms with Crippen molar-refractivity contribution in [2.45, 2.75) is 26.3 Å². The van der Waals surface area contributed by atoms with Crippen molar-refractivity contribution in [2.24, 2.45) is 11.7 Å². The van der Waals surface area contributed by atoms with Gasteiger partial charge in [0.15, 0.2) is 0 Å². The van der Waals surface area contributed by atoms with Gasteiger partial charge in [0, 0.05) is 19.1 Å². The molecule has 0 unspecified atom stereocenters. The summed E-state index contributed by atoms with van der Waals surface area (Å²) in [5, 5.41) is 0. The highest BCUT2D eigenvalue weighted by Crippen LogP contribution is 2.08. The molecule has 0 aromatic heterocycles. The molecule has 0 saturated carbocycles. The number of likely N-dealkylation sites (tertiary alicyclic amines) is 1. The fraction of sp³-hybridized carbons (Fsp3) is 1.00. The highest BCUT2D eigenvalue weighted by atomic mass is 15.2. The molecule has 0 amide bonds. The summed E-state index contributed by atoms with van der Waals surface area (Å²) in [5.41, 5.74) is 5.76. The summed E-state index contributed by atoms with van der Waals surface area (Å²) >= 11 is 0. The summed E-state index contributed by atoms with van der Waals surface area (Å²) in [5.74, 6) is 0.783. The van der Waals surface area contributed by atoms with Crippen LogP contribution in [0.3, 0.4) is 0 Å². The Morgan fingerprint density at radius 3 is 2.70 bits per heavy atom. The number of hydrogen-bond donors (Lipinski definition) is 1. The molecule has 1 atom stereocenters. The van der Waals surface area contributed by atoms with Gasteiger partial charge >= 0.3 is 0 Å². The molecule has 0 aromatic rings. The van der Waals surface area contributed by atoms with Crippen molar-refractivity contribution in [3.05, 3.63) is 0 Å². The van der Waals surface area contributed by atoms with E-state index in [1.54, 1.807) is 0 Å². The summed E-state index contributed by atoms with van der Waals surface area (Å²) < 4.78 is 0. The van der Waals surface area contributed by atoms with Gasteiger partial charge in [-0.05, 0) is 18.9 Å². The molecule has 1 aliphatic heterocycles. The first-order chi connectivity index (χ1) is 4.68. The van der Waals surface area contributed by atoms with Crippen LogP contribution in [0.25, 0.3) is 0 Å². The summed E-state index contributed by atoms with van der Waals surface area (Å²) in [6.07, 6.45) is 1.19. The van der Waals surface area contributed by atoms with E-state index in [0.29, 0.717) is 6.04 Å². The van der Waals surface area contributed by atoms with E-state index in [1.165, 1.54) is 19.5 Å². The Morgan fingerprint density at radius 2 is 2.30 bits per heavy atom. The molecule has 1 heterocycles. The Bertz CT molecular complexity index is 101. The average Bonchev–Trinajstić information content (AvgIpc) is 2.13. The SMILES string of the molecule is CC(C)CN1CC[C@@H](N)C1. The smallest absolute Gasteiger partial charge is 0.0180 e. The van der Waals surface area contributed by atoms with E-state index in [2.05, 4.69) is 18.7 Å². The lowest BCUT2D eigenvalue weighted by molar-refractivity contribution is 0.295. The lowest BCUT2D eigenvalue weighted by atomic mass is 10.2. The Kier molecular flexibility index (Phi) is 2.69. The molecule has 2 heteroatoms. The minimum absolute atomic E-state index is 0.443. The predicted molar refractivity (Wildman–Crippen MR) is 43.9 cm³/mol. The van der Waals surface area contributed by atoms with E-state index in [9.17, 15) is 0 Å². The van der Waals surface area contributed by atoms with E-state index in [0.717, 1.165) is 12.5 Å². The second kappa shape index (κ2) is 3.35. The molecule has 60 valence electrons. The number of nitrogens with two attached hydrogens (primary N) is 1. The van der Waals surface area contributed by atoms with Gasteiger partial charge in [-0.25, -0.2) is 0 Å². The average molecular weight is 142 g/mol. The molecule has 0 radical (unpaired) electrons. The van der Waals surface area contributed by atoms with Crippen molar-refractivity contribution in [1.82, 2.24) is 4.90 Å². The van der Waals surface area contributed by atoms with Crippen LogP contribution in [0, 0.1) is 5.92 Å². The first kappa shape index (κ1) is 8.02. The maximum atomic E-state index is 5.76. The third-order valence-corrected chi connectivity index (χ3v) is 1.93. The molecular formula is C8H18N2. The van der Waals surface area contributed by atoms with Crippen LogP contribution in [-0.2, 0) is 0 Å². The van der Waals surface area contributed by atoms with Crippen LogP contribution in [0.1, 0.15) is 20.3 Å². The van der Waals surface area contributed by atoms with Crippen molar-refractivity contribution in [3.8, 4) is 0 Å². The first-order valence-corrected chi connectivity index (χ1v) is 4.16. The highest BCUT2D eigenvalue weighted by Gasteiger charge is 2.18. The molecule has 0 bridgehead atoms. The summed E-state index contributed by atoms with van der Waals surface area (Å²) in [7, 11) is 0. The minimum atomic E-state index is 0.443. The lowest BCUT2D eigenvalue weighted by Crippen LogP contribution is -2.29. The summed E-state index contributed by atoms with van der Waals surface area (Å²) in [6, 6.07) is 0.443. The zero-order valence-corrected chi connectivity index (χ0v) is 7.01. The van der Waals surface area contributed by atoms with Gasteiger partial charge in [-0.2, -0.15) is 0 Å². The van der Waals surface area contributed by atoms with Crippen molar-refractivity contribution >= 4 is 0 Å². The van der Waals surface area contributed by atoms with Crippen LogP contribution in [0.4, 0.5) is 0 Å². The van der Waals surface area contributed by atoms with E-state index in [-0.39, 0.29) is 0 Å². The van der Waals surface area contributed by atoms with Gasteiger partial charge in [0.1, 0.15) is 0 Å². The summed E-state index contributed by atoms with van der Waals surface area (Å²) in [4.78, 5) is 2.45. The zero-order chi connectivity index (χ0) is 7.56. The zero-order valence-electron chi connectivity index (χ0n) is 7.01. The van der Waals surface area contributed by atoms with Crippen molar-refractivity contribution in [2.75, 3.05) is 19.6 Å². The molecule has 0 spiro atoms. The van der Waals surface area contributed by atoms with Gasteiger partial charge in [-0.3, -0.25) is 0 Å². The van der Waals surface area contributed by atoms with Crippen molar-refractivity contribution < 1.29 is 0 Å². The third kappa shape index (κ3) is 2.27. The van der Waals surface area contributed by atoms with Gasteiger partial charge in [0.2, 0.25) is 0 Å². The Hall–Kier alpha value is -0.0800. The van der Waals surface area contributed by atoms with Gasteiger partial charge in [0.25, 0.3) is 0 Å². The Balaban J connectivity index is 2.18. The molecule has 1 aliphatic rings. The maximum Gasteiger partial charge on any atom is 0.0180 e. The normalized spacial score (nSPS) is 28.2. The molecule has 10 heavy (non-hydrogen) atoms. The van der Waals surface area contributed by atoms with Crippen LogP contribution in [0.2, 0.25) is 0 Å². The third-order valence-electron chi connectivity index (χ3n) is 1.93. The Labute approximate surface area is 63.4 Å². The van der Waals surface area contributed by atoms with E-state index >= 15 is 0 Å². The minimum Gasteiger partial charge on any atom is -0.326 e. The van der Waals surface area contributed by atoms with Crippen LogP contribution in [-0.4, -0.2) is 30.6 Å². The monoisotopic (exact) mass is 142 g/mol. The van der Waals surface area contributed by atoms with Crippen molar-refractivity contribution in [3.63, 3.8) is 0 Å². The highest BCUT2D eigenvalue weighted by molar-refractivity contribution is 4.77. The first-order valence-electron chi connectivity index (χ1n) is 4.16. The van der Waals surface area contributed by atoms with E-state index in [1.807, 2.05) is 0 Å². The van der Waals surface area contributed by atoms with Gasteiger partial charge in [-0.15, -0.1) is 0 Å². The lowest BCUT2D eigenvalue weighted by Gasteiger charge is -2.16. The second-order valence-corrected chi connectivity index (χ2v) is 3.70. The van der Waals surface area contributed by atoms with Gasteiger partial charge in [-0.1, -0.05) is 13.8 Å². The van der Waals surface area contributed by atoms with Crippen LogP contribution in [0.15, 0.2) is 0 Å². The summed E-state index contributed by atoms with van der Waals surface area (Å²) in [6.45, 7) is 8.04. The molecule has 2 N–H and O–H groups in total. The largest absolute Gasteiger partial charge is 0.326 e. The molecule has 2 nitrogen and oxygen atoms in total. The number of hydrogen-bond acceptors (Lipinski definition) is 2. The van der Waals surface area contributed by atoms with Crippen molar-refractivity contribution in [1.29, 1.82) is 0 Å². The molecule has 1 rings (SSSR count). The van der Waals surface area contributed by atoms with Crippen LogP contribution >= 0.6 is 0 Å². The standard InChI is InChI=1S/C8H18N2/c1-7(2)5-10-4-3-8(9)6-10/h7-8H,3-6,9H2,1-2H3/t8-/m1/s1. The molecule has 1 fully saturated rings. The Morgan fingerprint density at radius 1 is 1.60 bits per heavy atom. The van der Waals surface area contributed by atoms with Crippen LogP contribution in [0.5, 0.6) is 0 Å². The quantitative estimate of drug-likeness (QED) is 0.614. The van der Waals surface area contributed by atoms with E-state index in [4.69, 9.17) is 5.73 Å². The molecule has 0 aromatic carbocycles.